The number of halogens is 1. The van der Waals surface area contributed by atoms with E-state index in [1.165, 1.54) is 0 Å². The van der Waals surface area contributed by atoms with Gasteiger partial charge in [0, 0.05) is 35.0 Å². The fourth-order valence-electron chi connectivity index (χ4n) is 3.59. The molecular weight excluding hydrogens is 320 g/mol. The van der Waals surface area contributed by atoms with Gasteiger partial charge in [0.1, 0.15) is 0 Å². The second-order valence-corrected chi connectivity index (χ2v) is 7.54. The van der Waals surface area contributed by atoms with Crippen LogP contribution in [0.25, 0.3) is 22.0 Å². The molecule has 0 saturated heterocycles. The topological polar surface area (TPSA) is 44.9 Å². The third-order valence-electron chi connectivity index (χ3n) is 4.68. The Kier molecular flexibility index (Phi) is 3.26. The molecule has 0 amide bonds. The van der Waals surface area contributed by atoms with Crippen molar-refractivity contribution in [2.45, 2.75) is 32.7 Å². The van der Waals surface area contributed by atoms with Gasteiger partial charge in [-0.25, -0.2) is 0 Å². The Balaban J connectivity index is 2.00. The van der Waals surface area contributed by atoms with Gasteiger partial charge in [0.2, 0.25) is 0 Å². The quantitative estimate of drug-likeness (QED) is 0.609. The SMILES string of the molecule is Cc1cc(-c2cccc3cc[nH]c23)c(Cl)c2c1NC(C)(C)CC2=O. The molecule has 0 unspecified atom stereocenters. The van der Waals surface area contributed by atoms with Crippen LogP contribution in [0.15, 0.2) is 36.5 Å². The Morgan fingerprint density at radius 2 is 1.96 bits per heavy atom. The molecule has 0 fully saturated rings. The van der Waals surface area contributed by atoms with E-state index < -0.39 is 0 Å². The summed E-state index contributed by atoms with van der Waals surface area (Å²) < 4.78 is 0. The second kappa shape index (κ2) is 5.12. The van der Waals surface area contributed by atoms with Crippen molar-refractivity contribution in [2.75, 3.05) is 5.32 Å². The van der Waals surface area contributed by atoms with Crippen LogP contribution in [0, 0.1) is 6.92 Å². The number of hydrogen-bond donors (Lipinski definition) is 2. The number of carbonyl (C=O) groups is 1. The summed E-state index contributed by atoms with van der Waals surface area (Å²) in [6.07, 6.45) is 2.36. The average Bonchev–Trinajstić information content (AvgIpc) is 2.98. The van der Waals surface area contributed by atoms with E-state index in [4.69, 9.17) is 11.6 Å². The Morgan fingerprint density at radius 3 is 2.75 bits per heavy atom. The highest BCUT2D eigenvalue weighted by molar-refractivity contribution is 6.38. The standard InChI is InChI=1S/C20H19ClN2O/c1-11-9-14(13-6-4-5-12-7-8-22-19(12)13)17(21)16-15(24)10-20(2,3)23-18(11)16/h4-9,22-23H,10H2,1-3H3. The maximum atomic E-state index is 12.7. The van der Waals surface area contributed by atoms with E-state index in [9.17, 15) is 4.79 Å². The van der Waals surface area contributed by atoms with E-state index in [-0.39, 0.29) is 11.3 Å². The van der Waals surface area contributed by atoms with Gasteiger partial charge >= 0.3 is 0 Å². The van der Waals surface area contributed by atoms with E-state index in [2.05, 4.69) is 22.4 Å². The molecule has 24 heavy (non-hydrogen) atoms. The van der Waals surface area contributed by atoms with Gasteiger partial charge in [-0.15, -0.1) is 0 Å². The Labute approximate surface area is 146 Å². The van der Waals surface area contributed by atoms with Crippen LogP contribution < -0.4 is 5.32 Å². The van der Waals surface area contributed by atoms with Gasteiger partial charge in [-0.1, -0.05) is 29.8 Å². The van der Waals surface area contributed by atoms with Crippen LogP contribution in [-0.2, 0) is 0 Å². The number of hydrogen-bond acceptors (Lipinski definition) is 2. The van der Waals surface area contributed by atoms with E-state index in [0.29, 0.717) is 17.0 Å². The number of anilines is 1. The van der Waals surface area contributed by atoms with Crippen LogP contribution >= 0.6 is 11.6 Å². The van der Waals surface area contributed by atoms with E-state index in [1.807, 2.05) is 45.2 Å². The molecule has 1 aromatic heterocycles. The number of H-pyrrole nitrogens is 1. The summed E-state index contributed by atoms with van der Waals surface area (Å²) in [5, 5.41) is 5.14. The molecule has 0 aliphatic carbocycles. The lowest BCUT2D eigenvalue weighted by Gasteiger charge is -2.34. The van der Waals surface area contributed by atoms with E-state index in [1.54, 1.807) is 0 Å². The van der Waals surface area contributed by atoms with Crippen LogP contribution in [0.4, 0.5) is 5.69 Å². The molecule has 0 radical (unpaired) electrons. The minimum absolute atomic E-state index is 0.0994. The first kappa shape index (κ1) is 15.3. The van der Waals surface area contributed by atoms with Crippen LogP contribution in [0.5, 0.6) is 0 Å². The molecule has 3 aromatic rings. The molecule has 2 aromatic carbocycles. The molecule has 1 aliphatic rings. The third-order valence-corrected chi connectivity index (χ3v) is 5.08. The number of rotatable bonds is 1. The molecule has 4 heteroatoms. The minimum Gasteiger partial charge on any atom is -0.379 e. The number of carbonyl (C=O) groups excluding carboxylic acids is 1. The number of aromatic amines is 1. The summed E-state index contributed by atoms with van der Waals surface area (Å²) in [7, 11) is 0. The van der Waals surface area contributed by atoms with Gasteiger partial charge in [-0.3, -0.25) is 4.79 Å². The maximum Gasteiger partial charge on any atom is 0.168 e. The van der Waals surface area contributed by atoms with E-state index in [0.717, 1.165) is 33.3 Å². The van der Waals surface area contributed by atoms with Crippen molar-refractivity contribution in [1.29, 1.82) is 0 Å². The number of Topliss-reactive ketones (excluding diaryl/α,β-unsaturated/α-hetero) is 1. The predicted molar refractivity (Wildman–Crippen MR) is 100 cm³/mol. The van der Waals surface area contributed by atoms with Crippen LogP contribution in [-0.4, -0.2) is 16.3 Å². The molecule has 0 bridgehead atoms. The van der Waals surface area contributed by atoms with Gasteiger partial charge in [0.05, 0.1) is 16.1 Å². The van der Waals surface area contributed by atoms with Crippen molar-refractivity contribution in [3.8, 4) is 11.1 Å². The van der Waals surface area contributed by atoms with Gasteiger partial charge in [-0.05, 0) is 43.9 Å². The van der Waals surface area contributed by atoms with Crippen molar-refractivity contribution in [3.63, 3.8) is 0 Å². The van der Waals surface area contributed by atoms with Gasteiger partial charge < -0.3 is 10.3 Å². The number of fused-ring (bicyclic) bond motifs is 2. The smallest absolute Gasteiger partial charge is 0.168 e. The lowest BCUT2D eigenvalue weighted by atomic mass is 9.85. The molecule has 0 atom stereocenters. The van der Waals surface area contributed by atoms with Gasteiger partial charge in [0.15, 0.2) is 5.78 Å². The minimum atomic E-state index is -0.251. The van der Waals surface area contributed by atoms with Gasteiger partial charge in [-0.2, -0.15) is 0 Å². The highest BCUT2D eigenvalue weighted by Crippen LogP contribution is 2.43. The van der Waals surface area contributed by atoms with E-state index >= 15 is 0 Å². The number of ketones is 1. The third kappa shape index (κ3) is 2.23. The Bertz CT molecular complexity index is 985. The molecule has 1 aliphatic heterocycles. The summed E-state index contributed by atoms with van der Waals surface area (Å²) in [6.45, 7) is 6.10. The molecule has 0 spiro atoms. The highest BCUT2D eigenvalue weighted by Gasteiger charge is 2.34. The predicted octanol–water partition coefficient (Wildman–Crippen LogP) is 5.57. The number of nitrogens with one attached hydrogen (secondary N) is 2. The number of para-hydroxylation sites is 1. The fourth-order valence-corrected chi connectivity index (χ4v) is 3.95. The first-order valence-electron chi connectivity index (χ1n) is 8.08. The molecule has 3 nitrogen and oxygen atoms in total. The first-order chi connectivity index (χ1) is 11.4. The van der Waals surface area contributed by atoms with Crippen molar-refractivity contribution >= 4 is 34.0 Å². The maximum absolute atomic E-state index is 12.7. The highest BCUT2D eigenvalue weighted by atomic mass is 35.5. The lowest BCUT2D eigenvalue weighted by Crippen LogP contribution is -2.38. The number of aryl methyl sites for hydroxylation is 1. The van der Waals surface area contributed by atoms with Crippen LogP contribution in [0.1, 0.15) is 36.2 Å². The molecule has 2 N–H and O–H groups in total. The summed E-state index contributed by atoms with van der Waals surface area (Å²) in [5.74, 6) is 0.0994. The van der Waals surface area contributed by atoms with Gasteiger partial charge in [0.25, 0.3) is 0 Å². The monoisotopic (exact) mass is 338 g/mol. The summed E-state index contributed by atoms with van der Waals surface area (Å²) in [4.78, 5) is 16.0. The molecule has 0 saturated carbocycles. The fraction of sp³-hybridized carbons (Fsp3) is 0.250. The van der Waals surface area contributed by atoms with Crippen LogP contribution in [0.2, 0.25) is 5.02 Å². The second-order valence-electron chi connectivity index (χ2n) is 7.16. The summed E-state index contributed by atoms with van der Waals surface area (Å²) >= 11 is 6.71. The molecular formula is C20H19ClN2O. The number of benzene rings is 2. The molecule has 2 heterocycles. The Hall–Kier alpha value is -2.26. The first-order valence-corrected chi connectivity index (χ1v) is 8.46. The van der Waals surface area contributed by atoms with Crippen molar-refractivity contribution in [3.05, 3.63) is 52.7 Å². The number of aromatic nitrogens is 1. The lowest BCUT2D eigenvalue weighted by molar-refractivity contribution is 0.0958. The van der Waals surface area contributed by atoms with Crippen LogP contribution in [0.3, 0.4) is 0 Å². The average molecular weight is 339 g/mol. The summed E-state index contributed by atoms with van der Waals surface area (Å²) in [6, 6.07) is 10.2. The van der Waals surface area contributed by atoms with Crippen molar-refractivity contribution < 1.29 is 4.79 Å². The zero-order chi connectivity index (χ0) is 17.1. The zero-order valence-corrected chi connectivity index (χ0v) is 14.7. The van der Waals surface area contributed by atoms with Crippen molar-refractivity contribution in [1.82, 2.24) is 4.98 Å². The molecule has 122 valence electrons. The van der Waals surface area contributed by atoms with Crippen molar-refractivity contribution in [2.24, 2.45) is 0 Å². The zero-order valence-electron chi connectivity index (χ0n) is 14.0. The largest absolute Gasteiger partial charge is 0.379 e. The normalized spacial score (nSPS) is 16.1. The molecule has 4 rings (SSSR count). The Morgan fingerprint density at radius 1 is 1.17 bits per heavy atom. The summed E-state index contributed by atoms with van der Waals surface area (Å²) in [5.41, 5.74) is 5.23.